The molecule has 2 amide bonds. The van der Waals surface area contributed by atoms with Crippen LogP contribution in [-0.4, -0.2) is 51.8 Å². The molecule has 3 aromatic rings. The number of ether oxygens (including phenoxy) is 1. The van der Waals surface area contributed by atoms with E-state index in [-0.39, 0.29) is 17.0 Å². The molecule has 0 radical (unpaired) electrons. The number of carbonyl (C=O) groups is 5. The number of thioether (sulfide) groups is 1. The fourth-order valence-electron chi connectivity index (χ4n) is 3.69. The van der Waals surface area contributed by atoms with Gasteiger partial charge in [0.15, 0.2) is 0 Å². The van der Waals surface area contributed by atoms with Crippen molar-refractivity contribution in [1.82, 2.24) is 0 Å². The summed E-state index contributed by atoms with van der Waals surface area (Å²) in [6, 6.07) is 16.4. The van der Waals surface area contributed by atoms with E-state index in [9.17, 15) is 29.1 Å². The van der Waals surface area contributed by atoms with E-state index in [1.807, 2.05) is 13.8 Å². The minimum atomic E-state index is -1.43. The summed E-state index contributed by atoms with van der Waals surface area (Å²) in [7, 11) is 0. The van der Waals surface area contributed by atoms with Crippen LogP contribution in [0.5, 0.6) is 0 Å². The number of hydrogen-bond donors (Lipinski definition) is 4. The van der Waals surface area contributed by atoms with E-state index in [4.69, 9.17) is 9.84 Å². The number of esters is 1. The third-order valence-corrected chi connectivity index (χ3v) is 7.25. The monoisotopic (exact) mass is 578 g/mol. The highest BCUT2D eigenvalue weighted by atomic mass is 32.2. The second kappa shape index (κ2) is 14.7. The molecule has 0 aromatic heterocycles. The predicted molar refractivity (Wildman–Crippen MR) is 155 cm³/mol. The smallest absolute Gasteiger partial charge is 0.338 e. The second-order valence-corrected chi connectivity index (χ2v) is 10.2. The Labute approximate surface area is 241 Å². The van der Waals surface area contributed by atoms with Crippen LogP contribution in [0.4, 0.5) is 11.4 Å². The summed E-state index contributed by atoms with van der Waals surface area (Å²) >= 11 is 1.29. The highest BCUT2D eigenvalue weighted by Crippen LogP contribution is 2.29. The van der Waals surface area contributed by atoms with Gasteiger partial charge < -0.3 is 25.6 Å². The molecule has 1 atom stereocenters. The first-order valence-corrected chi connectivity index (χ1v) is 13.8. The number of unbranched alkanes of at least 4 members (excludes halogenated alkanes) is 1. The molecule has 0 aliphatic carbocycles. The number of rotatable bonds is 13. The maximum Gasteiger partial charge on any atom is 0.338 e. The van der Waals surface area contributed by atoms with Crippen molar-refractivity contribution in [3.63, 3.8) is 0 Å². The summed E-state index contributed by atoms with van der Waals surface area (Å²) in [5.74, 6) is -4.11. The van der Waals surface area contributed by atoms with Gasteiger partial charge in [0.2, 0.25) is 5.91 Å². The highest BCUT2D eigenvalue weighted by Gasteiger charge is 2.21. The summed E-state index contributed by atoms with van der Waals surface area (Å²) in [4.78, 5) is 61.4. The topological polar surface area (TPSA) is 159 Å². The van der Waals surface area contributed by atoms with Crippen LogP contribution in [-0.2, 0) is 9.53 Å². The van der Waals surface area contributed by atoms with Crippen molar-refractivity contribution in [2.45, 2.75) is 43.3 Å². The molecule has 41 heavy (non-hydrogen) atoms. The Kier molecular flexibility index (Phi) is 11.0. The quantitative estimate of drug-likeness (QED) is 0.112. The molecule has 10 nitrogen and oxygen atoms in total. The summed E-state index contributed by atoms with van der Waals surface area (Å²) in [6.45, 7) is 4.23. The first-order chi connectivity index (χ1) is 19.6. The highest BCUT2D eigenvalue weighted by molar-refractivity contribution is 8.00. The normalized spacial score (nSPS) is 11.3. The number of carbonyl (C=O) groups excluding carboxylic acids is 3. The van der Waals surface area contributed by atoms with Crippen molar-refractivity contribution in [2.75, 3.05) is 17.2 Å². The molecule has 0 saturated heterocycles. The number of benzene rings is 3. The molecule has 0 fully saturated rings. The number of amides is 2. The van der Waals surface area contributed by atoms with Crippen LogP contribution >= 0.6 is 11.8 Å². The second-order valence-electron chi connectivity index (χ2n) is 8.92. The van der Waals surface area contributed by atoms with E-state index >= 15 is 0 Å². The number of anilines is 2. The Morgan fingerprint density at radius 1 is 0.805 bits per heavy atom. The van der Waals surface area contributed by atoms with Crippen molar-refractivity contribution in [3.8, 4) is 0 Å². The molecule has 214 valence electrons. The number of aromatic carboxylic acids is 2. The van der Waals surface area contributed by atoms with E-state index < -0.39 is 34.6 Å². The molecule has 1 unspecified atom stereocenters. The van der Waals surface area contributed by atoms with Gasteiger partial charge in [-0.2, -0.15) is 0 Å². The molecule has 11 heteroatoms. The largest absolute Gasteiger partial charge is 0.478 e. The number of hydrogen-bond acceptors (Lipinski definition) is 7. The zero-order valence-electron chi connectivity index (χ0n) is 22.5. The molecule has 3 rings (SSSR count). The van der Waals surface area contributed by atoms with Gasteiger partial charge in [-0.25, -0.2) is 14.4 Å². The van der Waals surface area contributed by atoms with Crippen molar-refractivity contribution in [2.24, 2.45) is 0 Å². The molecule has 0 bridgehead atoms. The summed E-state index contributed by atoms with van der Waals surface area (Å²) in [5, 5.41) is 23.6. The van der Waals surface area contributed by atoms with Crippen LogP contribution in [0, 0.1) is 0 Å². The average molecular weight is 579 g/mol. The molecule has 0 aliphatic heterocycles. The summed E-state index contributed by atoms with van der Waals surface area (Å²) in [5.41, 5.74) is 0.428. The molecular formula is C30H30N2O8S. The maximum absolute atomic E-state index is 13.0. The molecule has 0 aliphatic rings. The third-order valence-electron chi connectivity index (χ3n) is 5.89. The Bertz CT molecular complexity index is 1440. The fraction of sp³-hybridized carbons (Fsp3) is 0.233. The van der Waals surface area contributed by atoms with Crippen molar-refractivity contribution >= 4 is 52.9 Å². The first kappa shape index (κ1) is 30.9. The zero-order valence-corrected chi connectivity index (χ0v) is 23.3. The third kappa shape index (κ3) is 8.67. The standard InChI is InChI=1S/C30H30N2O8S/c1-3-5-15-40-30(39)18-9-12-20(13-10-18)31-27(34)25(4-2)41-22-8-6-7-21(17-22)32-26(33)23-14-11-19(28(35)36)16-24(23)29(37)38/h6-14,16-17,25H,3-5,15H2,1-2H3,(H,31,34)(H,32,33)(H,35,36)(H,37,38). The van der Waals surface area contributed by atoms with Crippen LogP contribution in [0.1, 0.15) is 74.5 Å². The lowest BCUT2D eigenvalue weighted by Gasteiger charge is -2.16. The minimum absolute atomic E-state index is 0.188. The lowest BCUT2D eigenvalue weighted by atomic mass is 10.0. The van der Waals surface area contributed by atoms with Gasteiger partial charge in [0.1, 0.15) is 0 Å². The molecule has 4 N–H and O–H groups in total. The van der Waals surface area contributed by atoms with Gasteiger partial charge >= 0.3 is 17.9 Å². The minimum Gasteiger partial charge on any atom is -0.478 e. The van der Waals surface area contributed by atoms with Gasteiger partial charge in [-0.3, -0.25) is 9.59 Å². The van der Waals surface area contributed by atoms with Gasteiger partial charge in [-0.1, -0.05) is 26.3 Å². The molecule has 0 saturated carbocycles. The van der Waals surface area contributed by atoms with E-state index in [1.165, 1.54) is 11.8 Å². The maximum atomic E-state index is 13.0. The number of carboxylic acid groups (broad SMARTS) is 2. The van der Waals surface area contributed by atoms with E-state index in [0.717, 1.165) is 31.0 Å². The lowest BCUT2D eigenvalue weighted by Crippen LogP contribution is -2.24. The van der Waals surface area contributed by atoms with E-state index in [0.29, 0.717) is 34.9 Å². The predicted octanol–water partition coefficient (Wildman–Crippen LogP) is 5.80. The first-order valence-electron chi connectivity index (χ1n) is 12.9. The van der Waals surface area contributed by atoms with Crippen molar-refractivity contribution < 1.29 is 38.9 Å². The number of carboxylic acids is 2. The Morgan fingerprint density at radius 3 is 2.15 bits per heavy atom. The van der Waals surface area contributed by atoms with Gasteiger partial charge in [0.25, 0.3) is 5.91 Å². The molecular weight excluding hydrogens is 548 g/mol. The zero-order chi connectivity index (χ0) is 29.9. The van der Waals surface area contributed by atoms with Crippen molar-refractivity contribution in [3.05, 3.63) is 89.0 Å². The van der Waals surface area contributed by atoms with Crippen LogP contribution < -0.4 is 10.6 Å². The molecule has 3 aromatic carbocycles. The van der Waals surface area contributed by atoms with E-state index in [1.54, 1.807) is 48.5 Å². The Balaban J connectivity index is 1.65. The average Bonchev–Trinajstić information content (AvgIpc) is 2.96. The Morgan fingerprint density at radius 2 is 1.51 bits per heavy atom. The van der Waals surface area contributed by atoms with Gasteiger partial charge in [0, 0.05) is 16.3 Å². The van der Waals surface area contributed by atoms with Gasteiger partial charge in [0.05, 0.1) is 34.1 Å². The Hall–Kier alpha value is -4.64. The van der Waals surface area contributed by atoms with Crippen LogP contribution in [0.15, 0.2) is 71.6 Å². The van der Waals surface area contributed by atoms with Crippen LogP contribution in [0.2, 0.25) is 0 Å². The van der Waals surface area contributed by atoms with E-state index in [2.05, 4.69) is 10.6 Å². The summed E-state index contributed by atoms with van der Waals surface area (Å²) < 4.78 is 5.20. The van der Waals surface area contributed by atoms with Gasteiger partial charge in [-0.15, -0.1) is 11.8 Å². The SMILES string of the molecule is CCCCOC(=O)c1ccc(NC(=O)C(CC)Sc2cccc(NC(=O)c3ccc(C(=O)O)cc3C(=O)O)c2)cc1. The molecule has 0 spiro atoms. The van der Waals surface area contributed by atoms with Crippen LogP contribution in [0.3, 0.4) is 0 Å². The van der Waals surface area contributed by atoms with Gasteiger partial charge in [-0.05, 0) is 73.5 Å². The summed E-state index contributed by atoms with van der Waals surface area (Å²) in [6.07, 6.45) is 2.22. The molecule has 0 heterocycles. The number of nitrogens with one attached hydrogen (secondary N) is 2. The van der Waals surface area contributed by atoms with Crippen molar-refractivity contribution in [1.29, 1.82) is 0 Å². The lowest BCUT2D eigenvalue weighted by molar-refractivity contribution is -0.115. The van der Waals surface area contributed by atoms with Crippen LogP contribution in [0.25, 0.3) is 0 Å². The fourth-order valence-corrected chi connectivity index (χ4v) is 4.70.